The molecule has 0 aromatic carbocycles. The maximum absolute atomic E-state index is 11.5. The van der Waals surface area contributed by atoms with Crippen LogP contribution >= 0.6 is 0 Å². The van der Waals surface area contributed by atoms with E-state index in [0.717, 1.165) is 44.9 Å². The molecule has 0 unspecified atom stereocenters. The number of rotatable bonds is 2. The number of hydrogen-bond acceptors (Lipinski definition) is 3. The molecule has 3 nitrogen and oxygen atoms in total. The van der Waals surface area contributed by atoms with Gasteiger partial charge < -0.3 is 9.47 Å². The molecule has 2 aliphatic rings. The smallest absolute Gasteiger partial charge is 0.303 e. The minimum Gasteiger partial charge on any atom is -0.460 e. The van der Waals surface area contributed by atoms with Crippen LogP contribution in [-0.2, 0) is 14.3 Å². The fourth-order valence-electron chi connectivity index (χ4n) is 3.99. The summed E-state index contributed by atoms with van der Waals surface area (Å²) in [6, 6.07) is 0. The summed E-state index contributed by atoms with van der Waals surface area (Å²) >= 11 is 0. The molecule has 2 rings (SSSR count). The van der Waals surface area contributed by atoms with Gasteiger partial charge in [-0.3, -0.25) is 4.79 Å². The summed E-state index contributed by atoms with van der Waals surface area (Å²) in [5.74, 6) is 0.141. The maximum Gasteiger partial charge on any atom is 0.303 e. The van der Waals surface area contributed by atoms with Gasteiger partial charge in [-0.1, -0.05) is 23.3 Å². The molecule has 0 bridgehead atoms. The Morgan fingerprint density at radius 1 is 1.20 bits per heavy atom. The molecule has 3 atom stereocenters. The molecule has 0 amide bonds. The zero-order valence-electron chi connectivity index (χ0n) is 17.0. The van der Waals surface area contributed by atoms with Crippen molar-refractivity contribution in [2.45, 2.75) is 104 Å². The number of epoxide rings is 1. The third-order valence-electron chi connectivity index (χ3n) is 6.00. The Hall–Kier alpha value is -1.09. The fourth-order valence-corrected chi connectivity index (χ4v) is 3.99. The number of allylic oxidation sites excluding steroid dienone is 4. The van der Waals surface area contributed by atoms with Gasteiger partial charge in [0.2, 0.25) is 0 Å². The highest BCUT2D eigenvalue weighted by molar-refractivity contribution is 5.66. The first-order valence-corrected chi connectivity index (χ1v) is 9.81. The van der Waals surface area contributed by atoms with Crippen LogP contribution < -0.4 is 0 Å². The number of esters is 1. The highest BCUT2D eigenvalue weighted by Gasteiger charge is 2.50. The standard InChI is InChI=1S/C22H36O3/c1-16-8-7-15-22(6)20(25-22)14-11-17(2)10-13-19(12-9-16)21(4,5)24-18(3)23/h8,10,19-20H,7,9,11-15H2,1-6H3/b16-8+,17-10+/t19-,20-,22+/m1/s1. The lowest BCUT2D eigenvalue weighted by molar-refractivity contribution is -0.159. The lowest BCUT2D eigenvalue weighted by Crippen LogP contribution is -2.36. The molecule has 0 N–H and O–H groups in total. The normalized spacial score (nSPS) is 36.1. The second-order valence-corrected chi connectivity index (χ2v) is 8.77. The van der Waals surface area contributed by atoms with Gasteiger partial charge in [-0.15, -0.1) is 0 Å². The molecular weight excluding hydrogens is 312 g/mol. The molecular formula is C22H36O3. The average Bonchev–Trinajstić information content (AvgIpc) is 3.13. The molecule has 1 fully saturated rings. The van der Waals surface area contributed by atoms with Gasteiger partial charge in [0.1, 0.15) is 5.60 Å². The van der Waals surface area contributed by atoms with Gasteiger partial charge in [0, 0.05) is 12.8 Å². The predicted octanol–water partition coefficient (Wildman–Crippen LogP) is 5.74. The van der Waals surface area contributed by atoms with Crippen LogP contribution in [0.1, 0.15) is 86.5 Å². The Balaban J connectivity index is 2.11. The molecule has 0 aromatic rings. The monoisotopic (exact) mass is 348 g/mol. The molecule has 142 valence electrons. The molecule has 0 spiro atoms. The van der Waals surface area contributed by atoms with Gasteiger partial charge in [0.15, 0.2) is 0 Å². The number of carbonyl (C=O) groups excluding carboxylic acids is 1. The molecule has 1 saturated heterocycles. The number of ether oxygens (including phenoxy) is 2. The van der Waals surface area contributed by atoms with Crippen molar-refractivity contribution in [3.63, 3.8) is 0 Å². The fraction of sp³-hybridized carbons (Fsp3) is 0.773. The highest BCUT2D eigenvalue weighted by Crippen LogP contribution is 2.44. The van der Waals surface area contributed by atoms with Crippen molar-refractivity contribution in [2.75, 3.05) is 0 Å². The molecule has 25 heavy (non-hydrogen) atoms. The topological polar surface area (TPSA) is 38.8 Å². The first-order chi connectivity index (χ1) is 11.6. The quantitative estimate of drug-likeness (QED) is 0.363. The Kier molecular flexibility index (Phi) is 6.53. The Labute approximate surface area is 153 Å². The number of hydrogen-bond donors (Lipinski definition) is 0. The van der Waals surface area contributed by atoms with Crippen molar-refractivity contribution in [3.8, 4) is 0 Å². The summed E-state index contributed by atoms with van der Waals surface area (Å²) < 4.78 is 11.6. The second-order valence-electron chi connectivity index (χ2n) is 8.77. The molecule has 0 aromatic heterocycles. The summed E-state index contributed by atoms with van der Waals surface area (Å²) in [5.41, 5.74) is 2.52. The van der Waals surface area contributed by atoms with Crippen molar-refractivity contribution in [1.29, 1.82) is 0 Å². The average molecular weight is 349 g/mol. The van der Waals surface area contributed by atoms with E-state index in [9.17, 15) is 4.79 Å². The van der Waals surface area contributed by atoms with E-state index in [1.165, 1.54) is 18.1 Å². The number of fused-ring (bicyclic) bond motifs is 1. The van der Waals surface area contributed by atoms with Gasteiger partial charge in [0.05, 0.1) is 11.7 Å². The Morgan fingerprint density at radius 2 is 1.84 bits per heavy atom. The lowest BCUT2D eigenvalue weighted by atomic mass is 9.82. The van der Waals surface area contributed by atoms with E-state index in [1.807, 2.05) is 13.8 Å². The summed E-state index contributed by atoms with van der Waals surface area (Å²) in [6.07, 6.45) is 12.6. The number of carbonyl (C=O) groups is 1. The lowest BCUT2D eigenvalue weighted by Gasteiger charge is -2.33. The van der Waals surface area contributed by atoms with Crippen LogP contribution in [0.2, 0.25) is 0 Å². The van der Waals surface area contributed by atoms with Gasteiger partial charge >= 0.3 is 5.97 Å². The van der Waals surface area contributed by atoms with Crippen molar-refractivity contribution >= 4 is 5.97 Å². The third-order valence-corrected chi connectivity index (χ3v) is 6.00. The van der Waals surface area contributed by atoms with Gasteiger partial charge in [-0.25, -0.2) is 0 Å². The van der Waals surface area contributed by atoms with Crippen LogP contribution in [-0.4, -0.2) is 23.3 Å². The van der Waals surface area contributed by atoms with Gasteiger partial charge in [0.25, 0.3) is 0 Å². The third kappa shape index (κ3) is 5.99. The first-order valence-electron chi connectivity index (χ1n) is 9.81. The summed E-state index contributed by atoms with van der Waals surface area (Å²) in [7, 11) is 0. The van der Waals surface area contributed by atoms with Crippen molar-refractivity contribution in [1.82, 2.24) is 0 Å². The van der Waals surface area contributed by atoms with Crippen LogP contribution in [0.5, 0.6) is 0 Å². The van der Waals surface area contributed by atoms with Gasteiger partial charge in [-0.2, -0.15) is 0 Å². The second kappa shape index (κ2) is 8.07. The van der Waals surface area contributed by atoms with Crippen molar-refractivity contribution in [3.05, 3.63) is 23.3 Å². The van der Waals surface area contributed by atoms with E-state index in [2.05, 4.69) is 32.9 Å². The van der Waals surface area contributed by atoms with Crippen LogP contribution in [0.4, 0.5) is 0 Å². The van der Waals surface area contributed by atoms with E-state index in [0.29, 0.717) is 12.0 Å². The molecule has 1 heterocycles. The van der Waals surface area contributed by atoms with Crippen molar-refractivity contribution in [2.24, 2.45) is 5.92 Å². The van der Waals surface area contributed by atoms with E-state index >= 15 is 0 Å². The van der Waals surface area contributed by atoms with E-state index in [4.69, 9.17) is 9.47 Å². The largest absolute Gasteiger partial charge is 0.460 e. The van der Waals surface area contributed by atoms with Crippen LogP contribution in [0.15, 0.2) is 23.3 Å². The zero-order valence-corrected chi connectivity index (χ0v) is 17.0. The van der Waals surface area contributed by atoms with Crippen LogP contribution in [0.3, 0.4) is 0 Å². The van der Waals surface area contributed by atoms with E-state index in [1.54, 1.807) is 0 Å². The summed E-state index contributed by atoms with van der Waals surface area (Å²) in [6.45, 7) is 12.3. The predicted molar refractivity (Wildman–Crippen MR) is 102 cm³/mol. The van der Waals surface area contributed by atoms with Crippen LogP contribution in [0.25, 0.3) is 0 Å². The molecule has 0 saturated carbocycles. The van der Waals surface area contributed by atoms with Gasteiger partial charge in [-0.05, 0) is 79.6 Å². The summed E-state index contributed by atoms with van der Waals surface area (Å²) in [5, 5.41) is 0. The minimum atomic E-state index is -0.432. The Morgan fingerprint density at radius 3 is 2.52 bits per heavy atom. The van der Waals surface area contributed by atoms with Crippen molar-refractivity contribution < 1.29 is 14.3 Å². The Bertz CT molecular complexity index is 543. The van der Waals surface area contributed by atoms with E-state index in [-0.39, 0.29) is 11.6 Å². The zero-order chi connectivity index (χ0) is 18.7. The first kappa shape index (κ1) is 20.2. The molecule has 1 aliphatic heterocycles. The molecule has 1 aliphatic carbocycles. The molecule has 3 heteroatoms. The van der Waals surface area contributed by atoms with E-state index < -0.39 is 5.60 Å². The maximum atomic E-state index is 11.5. The minimum absolute atomic E-state index is 0.0982. The molecule has 0 radical (unpaired) electrons. The SMILES string of the molecule is CC(=O)OC(C)(C)[C@H]1C/C=C(\C)CC[C@H]2O[C@@]2(C)CC/C=C(\C)CC1. The summed E-state index contributed by atoms with van der Waals surface area (Å²) in [4.78, 5) is 11.5. The highest BCUT2D eigenvalue weighted by atomic mass is 16.6. The van der Waals surface area contributed by atoms with Crippen LogP contribution in [0, 0.1) is 5.92 Å².